The first-order valence-corrected chi connectivity index (χ1v) is 9.87. The summed E-state index contributed by atoms with van der Waals surface area (Å²) >= 11 is 6.19. The fraction of sp³-hybridized carbons (Fsp3) is 0.174. The fourth-order valence-corrected chi connectivity index (χ4v) is 3.62. The van der Waals surface area contributed by atoms with Crippen molar-refractivity contribution in [2.75, 3.05) is 6.61 Å². The van der Waals surface area contributed by atoms with Crippen LogP contribution in [0.5, 0.6) is 5.75 Å². The smallest absolute Gasteiger partial charge is 0.267 e. The quantitative estimate of drug-likeness (QED) is 0.439. The van der Waals surface area contributed by atoms with E-state index >= 15 is 0 Å². The highest BCUT2D eigenvalue weighted by Gasteiger charge is 2.18. The minimum absolute atomic E-state index is 0.200. The summed E-state index contributed by atoms with van der Waals surface area (Å²) in [5.41, 5.74) is 4.67. The number of fused-ring (bicyclic) bond motifs is 1. The highest BCUT2D eigenvalue weighted by molar-refractivity contribution is 6.30. The average molecular weight is 421 g/mol. The maximum atomic E-state index is 13.3. The molecule has 30 heavy (non-hydrogen) atoms. The van der Waals surface area contributed by atoms with E-state index in [1.807, 2.05) is 38.1 Å². The summed E-state index contributed by atoms with van der Waals surface area (Å²) < 4.78 is 8.94. The van der Waals surface area contributed by atoms with Gasteiger partial charge >= 0.3 is 0 Å². The molecule has 0 aliphatic rings. The number of benzene rings is 1. The average Bonchev–Trinajstić information content (AvgIpc) is 3.09. The van der Waals surface area contributed by atoms with Gasteiger partial charge in [-0.3, -0.25) is 9.20 Å². The predicted molar refractivity (Wildman–Crippen MR) is 119 cm³/mol. The van der Waals surface area contributed by atoms with Crippen molar-refractivity contribution >= 4 is 17.2 Å². The summed E-state index contributed by atoms with van der Waals surface area (Å²) in [7, 11) is 0. The maximum Gasteiger partial charge on any atom is 0.267 e. The number of halogens is 1. The van der Waals surface area contributed by atoms with Gasteiger partial charge in [0.1, 0.15) is 12.3 Å². The third-order valence-corrected chi connectivity index (χ3v) is 5.13. The molecule has 7 heteroatoms. The SMILES string of the molecule is C=CCOc1cccn2c(=O)c(-c3cc(C)n(-c4cc(Cl)ccc4C)n3)c(C)nc12. The van der Waals surface area contributed by atoms with Crippen molar-refractivity contribution in [2.24, 2.45) is 0 Å². The van der Waals surface area contributed by atoms with Crippen LogP contribution < -0.4 is 10.3 Å². The lowest BCUT2D eigenvalue weighted by molar-refractivity contribution is 0.365. The third-order valence-electron chi connectivity index (χ3n) is 4.90. The second-order valence-electron chi connectivity index (χ2n) is 7.06. The van der Waals surface area contributed by atoms with Gasteiger partial charge in [0, 0.05) is 16.9 Å². The molecule has 3 heterocycles. The molecule has 0 aliphatic heterocycles. The van der Waals surface area contributed by atoms with Crippen LogP contribution in [0.1, 0.15) is 17.0 Å². The van der Waals surface area contributed by atoms with Gasteiger partial charge in [0.25, 0.3) is 5.56 Å². The van der Waals surface area contributed by atoms with Crippen LogP contribution in [0.3, 0.4) is 0 Å². The molecule has 152 valence electrons. The van der Waals surface area contributed by atoms with Crippen LogP contribution >= 0.6 is 11.6 Å². The van der Waals surface area contributed by atoms with Crippen LogP contribution in [0.4, 0.5) is 0 Å². The van der Waals surface area contributed by atoms with Crippen molar-refractivity contribution in [1.82, 2.24) is 19.2 Å². The molecule has 3 aromatic heterocycles. The Balaban J connectivity index is 1.90. The van der Waals surface area contributed by atoms with E-state index in [2.05, 4.69) is 11.6 Å². The van der Waals surface area contributed by atoms with Crippen molar-refractivity contribution in [3.63, 3.8) is 0 Å². The molecule has 0 N–H and O–H groups in total. The summed E-state index contributed by atoms with van der Waals surface area (Å²) in [6.07, 6.45) is 3.33. The van der Waals surface area contributed by atoms with E-state index in [1.165, 1.54) is 4.40 Å². The Kier molecular flexibility index (Phi) is 5.18. The lowest BCUT2D eigenvalue weighted by Crippen LogP contribution is -2.19. The standard InChI is InChI=1S/C23H21ClN4O2/c1-5-11-30-20-7-6-10-27-22(20)25-16(4)21(23(27)29)18-12-15(3)28(26-18)19-13-17(24)9-8-14(19)2/h5-10,12-13H,1,11H2,2-4H3. The lowest BCUT2D eigenvalue weighted by Gasteiger charge is -2.11. The van der Waals surface area contributed by atoms with E-state index < -0.39 is 0 Å². The van der Waals surface area contributed by atoms with E-state index in [0.717, 1.165) is 16.9 Å². The second-order valence-corrected chi connectivity index (χ2v) is 7.49. The highest BCUT2D eigenvalue weighted by Crippen LogP contribution is 2.26. The van der Waals surface area contributed by atoms with E-state index in [4.69, 9.17) is 21.4 Å². The van der Waals surface area contributed by atoms with Gasteiger partial charge in [-0.2, -0.15) is 5.10 Å². The van der Waals surface area contributed by atoms with Gasteiger partial charge in [-0.1, -0.05) is 30.3 Å². The first kappa shape index (κ1) is 19.9. The summed E-state index contributed by atoms with van der Waals surface area (Å²) in [4.78, 5) is 18.0. The van der Waals surface area contributed by atoms with Crippen molar-refractivity contribution in [1.29, 1.82) is 0 Å². The molecule has 0 spiro atoms. The third kappa shape index (κ3) is 3.39. The Bertz CT molecular complexity index is 1340. The van der Waals surface area contributed by atoms with Gasteiger partial charge in [-0.25, -0.2) is 9.67 Å². The van der Waals surface area contributed by atoms with Gasteiger partial charge in [-0.05, 0) is 56.7 Å². The molecule has 6 nitrogen and oxygen atoms in total. The normalized spacial score (nSPS) is 11.1. The molecule has 0 bridgehead atoms. The molecule has 0 saturated carbocycles. The van der Waals surface area contributed by atoms with Gasteiger partial charge < -0.3 is 4.74 Å². The monoisotopic (exact) mass is 420 g/mol. The van der Waals surface area contributed by atoms with Gasteiger partial charge in [-0.15, -0.1) is 0 Å². The Morgan fingerprint density at radius 3 is 2.77 bits per heavy atom. The van der Waals surface area contributed by atoms with E-state index in [0.29, 0.717) is 40.0 Å². The zero-order valence-corrected chi connectivity index (χ0v) is 17.8. The van der Waals surface area contributed by atoms with Crippen molar-refractivity contribution < 1.29 is 4.74 Å². The van der Waals surface area contributed by atoms with Crippen LogP contribution in [-0.4, -0.2) is 25.8 Å². The van der Waals surface area contributed by atoms with Crippen LogP contribution in [0.15, 0.2) is 60.0 Å². The molecule has 0 unspecified atom stereocenters. The summed E-state index contributed by atoms with van der Waals surface area (Å²) in [6.45, 7) is 9.74. The topological polar surface area (TPSA) is 61.4 Å². The number of aryl methyl sites for hydroxylation is 3. The molecular weight excluding hydrogens is 400 g/mol. The van der Waals surface area contributed by atoms with E-state index in [-0.39, 0.29) is 5.56 Å². The van der Waals surface area contributed by atoms with Crippen LogP contribution in [-0.2, 0) is 0 Å². The van der Waals surface area contributed by atoms with Gasteiger partial charge in [0.2, 0.25) is 0 Å². The Morgan fingerprint density at radius 1 is 1.20 bits per heavy atom. The lowest BCUT2D eigenvalue weighted by atomic mass is 10.1. The van der Waals surface area contributed by atoms with E-state index in [1.54, 1.807) is 36.0 Å². The highest BCUT2D eigenvalue weighted by atomic mass is 35.5. The zero-order chi connectivity index (χ0) is 21.4. The number of nitrogens with zero attached hydrogens (tertiary/aromatic N) is 4. The summed E-state index contributed by atoms with van der Waals surface area (Å²) in [5.74, 6) is 0.528. The molecule has 1 aromatic carbocycles. The molecule has 0 amide bonds. The number of pyridine rings is 1. The molecule has 0 aliphatic carbocycles. The number of hydrogen-bond donors (Lipinski definition) is 0. The first-order valence-electron chi connectivity index (χ1n) is 9.50. The van der Waals surface area contributed by atoms with Gasteiger partial charge in [0.15, 0.2) is 11.4 Å². The van der Waals surface area contributed by atoms with Crippen LogP contribution in [0.25, 0.3) is 22.6 Å². The number of rotatable bonds is 5. The minimum Gasteiger partial charge on any atom is -0.486 e. The molecule has 4 rings (SSSR count). The zero-order valence-electron chi connectivity index (χ0n) is 17.0. The van der Waals surface area contributed by atoms with Crippen LogP contribution in [0.2, 0.25) is 5.02 Å². The molecule has 0 atom stereocenters. The first-order chi connectivity index (χ1) is 14.4. The molecule has 0 saturated heterocycles. The van der Waals surface area contributed by atoms with Crippen LogP contribution in [0, 0.1) is 20.8 Å². The molecule has 0 radical (unpaired) electrons. The predicted octanol–water partition coefficient (Wildman–Crippen LogP) is 4.69. The number of ether oxygens (including phenoxy) is 1. The molecule has 0 fully saturated rings. The summed E-state index contributed by atoms with van der Waals surface area (Å²) in [5, 5.41) is 5.34. The van der Waals surface area contributed by atoms with Crippen molar-refractivity contribution in [3.8, 4) is 22.7 Å². The minimum atomic E-state index is -0.200. The van der Waals surface area contributed by atoms with E-state index in [9.17, 15) is 4.79 Å². The Morgan fingerprint density at radius 2 is 2.00 bits per heavy atom. The van der Waals surface area contributed by atoms with Gasteiger partial charge in [0.05, 0.1) is 16.9 Å². The molecule has 4 aromatic rings. The number of aromatic nitrogens is 4. The molecular formula is C23H21ClN4O2. The second kappa shape index (κ2) is 7.80. The van der Waals surface area contributed by atoms with Crippen molar-refractivity contribution in [2.45, 2.75) is 20.8 Å². The summed E-state index contributed by atoms with van der Waals surface area (Å²) in [6, 6.07) is 11.1. The number of hydrogen-bond acceptors (Lipinski definition) is 4. The fourth-order valence-electron chi connectivity index (χ4n) is 3.45. The van der Waals surface area contributed by atoms with Crippen molar-refractivity contribution in [3.05, 3.63) is 87.6 Å². The Hall–Kier alpha value is -3.38. The maximum absolute atomic E-state index is 13.3. The Labute approximate surface area is 179 Å². The largest absolute Gasteiger partial charge is 0.486 e.